The molecule has 130 valence electrons. The van der Waals surface area contributed by atoms with Crippen LogP contribution in [0.15, 0.2) is 47.5 Å². The van der Waals surface area contributed by atoms with E-state index in [1.54, 1.807) is 17.5 Å². The number of imidazole rings is 1. The summed E-state index contributed by atoms with van der Waals surface area (Å²) in [6.07, 6.45) is 3.88. The fraction of sp³-hybridized carbons (Fsp3) is 0.111. The normalized spacial score (nSPS) is 11.2. The molecule has 6 nitrogen and oxygen atoms in total. The predicted molar refractivity (Wildman–Crippen MR) is 109 cm³/mol. The van der Waals surface area contributed by atoms with E-state index in [0.29, 0.717) is 38.0 Å². The molecule has 4 aromatic rings. The maximum atomic E-state index is 12.0. The molecule has 1 N–H and O–H groups in total. The number of hydrogen-bond donors (Lipinski definition) is 1. The van der Waals surface area contributed by atoms with E-state index in [1.807, 2.05) is 30.3 Å². The zero-order valence-electron chi connectivity index (χ0n) is 13.7. The molecule has 0 aliphatic rings. The Kier molecular flexibility index (Phi) is 4.49. The Morgan fingerprint density at radius 3 is 2.73 bits per heavy atom. The molecule has 0 saturated carbocycles. The molecule has 8 heteroatoms. The number of hydrogen-bond acceptors (Lipinski definition) is 4. The van der Waals surface area contributed by atoms with Crippen LogP contribution in [0.5, 0.6) is 0 Å². The van der Waals surface area contributed by atoms with Gasteiger partial charge in [-0.2, -0.15) is 0 Å². The van der Waals surface area contributed by atoms with E-state index in [2.05, 4.69) is 37.5 Å². The van der Waals surface area contributed by atoms with Crippen molar-refractivity contribution in [1.29, 1.82) is 0 Å². The minimum Gasteiger partial charge on any atom is -0.305 e. The lowest BCUT2D eigenvalue weighted by Gasteiger charge is -2.08. The summed E-state index contributed by atoms with van der Waals surface area (Å²) in [4.78, 5) is 28.3. The van der Waals surface area contributed by atoms with Crippen molar-refractivity contribution in [2.24, 2.45) is 0 Å². The summed E-state index contributed by atoms with van der Waals surface area (Å²) in [6, 6.07) is 10.0. The van der Waals surface area contributed by atoms with Crippen LogP contribution in [0.4, 0.5) is 0 Å². The van der Waals surface area contributed by atoms with E-state index in [-0.39, 0.29) is 5.56 Å². The van der Waals surface area contributed by atoms with E-state index in [4.69, 9.17) is 16.6 Å². The molecule has 0 radical (unpaired) electrons. The third-order valence-electron chi connectivity index (χ3n) is 4.01. The van der Waals surface area contributed by atoms with Gasteiger partial charge in [0.05, 0.1) is 5.69 Å². The summed E-state index contributed by atoms with van der Waals surface area (Å²) in [6.45, 7) is 1.71. The summed E-state index contributed by atoms with van der Waals surface area (Å²) in [5, 5.41) is 0.507. The molecular formula is C18H13ClIN5O. The highest BCUT2D eigenvalue weighted by Crippen LogP contribution is 2.25. The number of rotatable bonds is 3. The number of halogens is 2. The topological polar surface area (TPSA) is 75.9 Å². The first-order valence-electron chi connectivity index (χ1n) is 7.86. The fourth-order valence-electron chi connectivity index (χ4n) is 2.66. The van der Waals surface area contributed by atoms with Gasteiger partial charge in [-0.3, -0.25) is 9.20 Å². The highest BCUT2D eigenvalue weighted by molar-refractivity contribution is 14.1. The van der Waals surface area contributed by atoms with Gasteiger partial charge in [0.15, 0.2) is 11.5 Å². The zero-order valence-corrected chi connectivity index (χ0v) is 16.6. The van der Waals surface area contributed by atoms with Crippen molar-refractivity contribution < 1.29 is 0 Å². The van der Waals surface area contributed by atoms with E-state index < -0.39 is 0 Å². The quantitative estimate of drug-likeness (QED) is 0.457. The standard InChI is InChI=1S/C18H13ClIN5O/c1-10-8-21-16(24-18(10)26)13-9-25-14(19)15(20)23-17(25)12(22-13)7-11-5-3-2-4-6-11/h2-6,8-9H,7H2,1H3,(H,21,24,26). The molecule has 0 aliphatic carbocycles. The number of aromatic nitrogens is 5. The van der Waals surface area contributed by atoms with Crippen LogP contribution in [-0.2, 0) is 6.42 Å². The largest absolute Gasteiger partial charge is 0.305 e. The fourth-order valence-corrected chi connectivity index (χ4v) is 3.32. The van der Waals surface area contributed by atoms with Crippen LogP contribution in [0.1, 0.15) is 16.8 Å². The molecule has 0 amide bonds. The zero-order chi connectivity index (χ0) is 18.3. The third kappa shape index (κ3) is 3.12. The van der Waals surface area contributed by atoms with Crippen LogP contribution < -0.4 is 5.56 Å². The lowest BCUT2D eigenvalue weighted by Crippen LogP contribution is -2.12. The molecule has 0 saturated heterocycles. The number of H-pyrrole nitrogens is 1. The average Bonchev–Trinajstić information content (AvgIpc) is 2.93. The van der Waals surface area contributed by atoms with Gasteiger partial charge in [0.25, 0.3) is 5.56 Å². The van der Waals surface area contributed by atoms with Crippen LogP contribution in [0.2, 0.25) is 5.15 Å². The number of fused-ring (bicyclic) bond motifs is 1. The monoisotopic (exact) mass is 477 g/mol. The smallest absolute Gasteiger partial charge is 0.254 e. The minimum atomic E-state index is -0.187. The van der Waals surface area contributed by atoms with Gasteiger partial charge in [-0.25, -0.2) is 15.0 Å². The van der Waals surface area contributed by atoms with Crippen molar-refractivity contribution in [1.82, 2.24) is 24.3 Å². The van der Waals surface area contributed by atoms with Gasteiger partial charge >= 0.3 is 0 Å². The Hall–Kier alpha value is -2.26. The number of aromatic amines is 1. The molecule has 3 aromatic heterocycles. The van der Waals surface area contributed by atoms with Gasteiger partial charge in [-0.15, -0.1) is 0 Å². The summed E-state index contributed by atoms with van der Waals surface area (Å²) in [5.41, 5.74) is 3.47. The van der Waals surface area contributed by atoms with Gasteiger partial charge < -0.3 is 4.98 Å². The van der Waals surface area contributed by atoms with Crippen LogP contribution in [0.25, 0.3) is 17.2 Å². The number of benzene rings is 1. The Balaban J connectivity index is 1.93. The van der Waals surface area contributed by atoms with Crippen molar-refractivity contribution >= 4 is 39.8 Å². The van der Waals surface area contributed by atoms with Crippen molar-refractivity contribution in [3.8, 4) is 11.5 Å². The first-order valence-corrected chi connectivity index (χ1v) is 9.32. The molecule has 0 atom stereocenters. The van der Waals surface area contributed by atoms with Gasteiger partial charge in [0, 0.05) is 24.4 Å². The second-order valence-electron chi connectivity index (χ2n) is 5.87. The van der Waals surface area contributed by atoms with Crippen LogP contribution >= 0.6 is 34.2 Å². The predicted octanol–water partition coefficient (Wildman–Crippen LogP) is 3.64. The number of aryl methyl sites for hydroxylation is 1. The lowest BCUT2D eigenvalue weighted by molar-refractivity contribution is 0.993. The second-order valence-corrected chi connectivity index (χ2v) is 7.25. The first-order chi connectivity index (χ1) is 12.5. The van der Waals surface area contributed by atoms with E-state index in [0.717, 1.165) is 11.3 Å². The van der Waals surface area contributed by atoms with E-state index in [9.17, 15) is 4.79 Å². The molecule has 26 heavy (non-hydrogen) atoms. The Labute approximate surface area is 167 Å². The SMILES string of the molecule is Cc1cnc(-c2cn3c(Cl)c(I)nc3c(Cc3ccccc3)n2)[nH]c1=O. The molecule has 0 aliphatic heterocycles. The van der Waals surface area contributed by atoms with Gasteiger partial charge in [-0.1, -0.05) is 41.9 Å². The summed E-state index contributed by atoms with van der Waals surface area (Å²) in [5.74, 6) is 0.400. The Morgan fingerprint density at radius 2 is 2.00 bits per heavy atom. The Morgan fingerprint density at radius 1 is 1.23 bits per heavy atom. The molecular weight excluding hydrogens is 465 g/mol. The van der Waals surface area contributed by atoms with Gasteiger partial charge in [0.1, 0.15) is 14.5 Å². The van der Waals surface area contributed by atoms with Crippen LogP contribution in [0.3, 0.4) is 0 Å². The van der Waals surface area contributed by atoms with E-state index >= 15 is 0 Å². The Bertz CT molecular complexity index is 1170. The molecule has 0 spiro atoms. The second kappa shape index (κ2) is 6.81. The third-order valence-corrected chi connectivity index (χ3v) is 5.45. The van der Waals surface area contributed by atoms with Crippen molar-refractivity contribution in [3.05, 3.63) is 78.8 Å². The van der Waals surface area contributed by atoms with Crippen molar-refractivity contribution in [2.45, 2.75) is 13.3 Å². The summed E-state index contributed by atoms with van der Waals surface area (Å²) < 4.78 is 2.48. The molecule has 1 aromatic carbocycles. The molecule has 4 rings (SSSR count). The highest BCUT2D eigenvalue weighted by Gasteiger charge is 2.16. The summed E-state index contributed by atoms with van der Waals surface area (Å²) >= 11 is 8.50. The first kappa shape index (κ1) is 17.2. The number of nitrogens with zero attached hydrogens (tertiary/aromatic N) is 4. The minimum absolute atomic E-state index is 0.187. The molecule has 0 unspecified atom stereocenters. The van der Waals surface area contributed by atoms with E-state index in [1.165, 1.54) is 6.20 Å². The number of nitrogens with one attached hydrogen (secondary N) is 1. The summed E-state index contributed by atoms with van der Waals surface area (Å²) in [7, 11) is 0. The van der Waals surface area contributed by atoms with Crippen molar-refractivity contribution in [3.63, 3.8) is 0 Å². The van der Waals surface area contributed by atoms with Crippen molar-refractivity contribution in [2.75, 3.05) is 0 Å². The maximum Gasteiger partial charge on any atom is 0.254 e. The molecule has 0 fully saturated rings. The van der Waals surface area contributed by atoms with Crippen LogP contribution in [-0.4, -0.2) is 24.3 Å². The van der Waals surface area contributed by atoms with Crippen LogP contribution in [0, 0.1) is 10.6 Å². The molecule has 0 bridgehead atoms. The maximum absolute atomic E-state index is 12.0. The van der Waals surface area contributed by atoms with Gasteiger partial charge in [0.2, 0.25) is 0 Å². The highest BCUT2D eigenvalue weighted by atomic mass is 127. The lowest BCUT2D eigenvalue weighted by atomic mass is 10.1. The average molecular weight is 478 g/mol. The van der Waals surface area contributed by atoms with Gasteiger partial charge in [-0.05, 0) is 35.1 Å². The molecule has 3 heterocycles.